The first-order valence-electron chi connectivity index (χ1n) is 8.89. The number of rotatable bonds is 6. The van der Waals surface area contributed by atoms with Crippen LogP contribution in [0.2, 0.25) is 0 Å². The number of urea groups is 1. The SMILES string of the molecule is O=C(NCc1cccnc1)Nc1ccc(N(C(F)(F)F)S(=O)(=O)c2ccccc2)cc1. The summed E-state index contributed by atoms with van der Waals surface area (Å²) in [4.78, 5) is 15.4. The molecule has 0 spiro atoms. The molecule has 1 heterocycles. The van der Waals surface area contributed by atoms with E-state index in [1.807, 2.05) is 0 Å². The molecule has 0 saturated heterocycles. The highest BCUT2D eigenvalue weighted by Crippen LogP contribution is 2.35. The van der Waals surface area contributed by atoms with Gasteiger partial charge in [-0.1, -0.05) is 24.3 Å². The normalized spacial score (nSPS) is 11.6. The topological polar surface area (TPSA) is 91.4 Å². The van der Waals surface area contributed by atoms with Gasteiger partial charge in [-0.25, -0.2) is 13.2 Å². The molecule has 0 atom stereocenters. The van der Waals surface area contributed by atoms with Crippen molar-refractivity contribution in [1.29, 1.82) is 0 Å². The van der Waals surface area contributed by atoms with Gasteiger partial charge in [0.1, 0.15) is 0 Å². The highest BCUT2D eigenvalue weighted by Gasteiger charge is 2.46. The molecule has 0 bridgehead atoms. The van der Waals surface area contributed by atoms with Crippen molar-refractivity contribution in [3.63, 3.8) is 0 Å². The molecule has 3 rings (SSSR count). The second kappa shape index (κ2) is 9.04. The predicted molar refractivity (Wildman–Crippen MR) is 109 cm³/mol. The van der Waals surface area contributed by atoms with Crippen LogP contribution in [0, 0.1) is 0 Å². The predicted octanol–water partition coefficient (Wildman–Crippen LogP) is 4.12. The van der Waals surface area contributed by atoms with Crippen LogP contribution >= 0.6 is 0 Å². The van der Waals surface area contributed by atoms with E-state index in [1.54, 1.807) is 24.5 Å². The third kappa shape index (κ3) is 5.51. The minimum Gasteiger partial charge on any atom is -0.334 e. The van der Waals surface area contributed by atoms with E-state index in [0.29, 0.717) is 0 Å². The van der Waals surface area contributed by atoms with Crippen LogP contribution in [0.1, 0.15) is 5.56 Å². The number of hydrogen-bond donors (Lipinski definition) is 2. The van der Waals surface area contributed by atoms with Crippen molar-refractivity contribution >= 4 is 27.4 Å². The number of halogens is 3. The molecule has 0 radical (unpaired) electrons. The van der Waals surface area contributed by atoms with E-state index in [4.69, 9.17) is 0 Å². The lowest BCUT2D eigenvalue weighted by atomic mass is 10.3. The Hall–Kier alpha value is -3.60. The summed E-state index contributed by atoms with van der Waals surface area (Å²) >= 11 is 0. The summed E-state index contributed by atoms with van der Waals surface area (Å²) < 4.78 is 65.4. The average Bonchev–Trinajstić information content (AvgIpc) is 2.74. The molecule has 7 nitrogen and oxygen atoms in total. The number of carbonyl (C=O) groups excluding carboxylic acids is 1. The Labute approximate surface area is 176 Å². The lowest BCUT2D eigenvalue weighted by Gasteiger charge is -2.26. The summed E-state index contributed by atoms with van der Waals surface area (Å²) in [6.45, 7) is 0.203. The number of aromatic nitrogens is 1. The highest BCUT2D eigenvalue weighted by molar-refractivity contribution is 7.92. The Morgan fingerprint density at radius 1 is 0.968 bits per heavy atom. The molecule has 1 aromatic heterocycles. The molecular formula is C20H17F3N4O3S. The first-order chi connectivity index (χ1) is 14.7. The van der Waals surface area contributed by atoms with Gasteiger partial charge < -0.3 is 10.6 Å². The number of nitrogens with zero attached hydrogens (tertiary/aromatic N) is 2. The third-order valence-corrected chi connectivity index (χ3v) is 5.81. The molecule has 3 aromatic rings. The Balaban J connectivity index is 1.75. The number of pyridine rings is 1. The van der Waals surface area contributed by atoms with Gasteiger partial charge in [0.25, 0.3) is 10.0 Å². The second-order valence-electron chi connectivity index (χ2n) is 6.27. The van der Waals surface area contributed by atoms with Crippen molar-refractivity contribution < 1.29 is 26.4 Å². The minimum atomic E-state index is -5.19. The fourth-order valence-corrected chi connectivity index (χ4v) is 4.04. The molecule has 0 saturated carbocycles. The first kappa shape index (κ1) is 22.1. The molecule has 2 N–H and O–H groups in total. The molecule has 0 aliphatic rings. The zero-order valence-corrected chi connectivity index (χ0v) is 16.7. The first-order valence-corrected chi connectivity index (χ1v) is 10.3. The Kier molecular flexibility index (Phi) is 6.44. The van der Waals surface area contributed by atoms with Gasteiger partial charge in [0.15, 0.2) is 0 Å². The molecule has 2 aromatic carbocycles. The Morgan fingerprint density at radius 2 is 1.65 bits per heavy atom. The lowest BCUT2D eigenvalue weighted by Crippen LogP contribution is -2.43. The third-order valence-electron chi connectivity index (χ3n) is 4.05. The Morgan fingerprint density at radius 3 is 2.23 bits per heavy atom. The van der Waals surface area contributed by atoms with Crippen molar-refractivity contribution in [2.75, 3.05) is 9.62 Å². The zero-order valence-electron chi connectivity index (χ0n) is 15.9. The fourth-order valence-electron chi connectivity index (χ4n) is 2.66. The quantitative estimate of drug-likeness (QED) is 0.553. The van der Waals surface area contributed by atoms with Crippen LogP contribution in [-0.2, 0) is 16.6 Å². The van der Waals surface area contributed by atoms with E-state index in [-0.39, 0.29) is 12.2 Å². The highest BCUT2D eigenvalue weighted by atomic mass is 32.2. The van der Waals surface area contributed by atoms with Crippen LogP contribution in [-0.4, -0.2) is 25.7 Å². The monoisotopic (exact) mass is 450 g/mol. The molecular weight excluding hydrogens is 433 g/mol. The van der Waals surface area contributed by atoms with E-state index < -0.39 is 37.2 Å². The van der Waals surface area contributed by atoms with Crippen molar-refractivity contribution in [1.82, 2.24) is 10.3 Å². The van der Waals surface area contributed by atoms with Crippen molar-refractivity contribution in [3.8, 4) is 0 Å². The van der Waals surface area contributed by atoms with E-state index in [0.717, 1.165) is 29.8 Å². The number of hydrogen-bond acceptors (Lipinski definition) is 4. The number of benzene rings is 2. The van der Waals surface area contributed by atoms with Crippen LogP contribution in [0.15, 0.2) is 84.0 Å². The molecule has 2 amide bonds. The van der Waals surface area contributed by atoms with Gasteiger partial charge in [-0.2, -0.15) is 4.31 Å². The van der Waals surface area contributed by atoms with Gasteiger partial charge >= 0.3 is 12.3 Å². The molecule has 0 fully saturated rings. The second-order valence-corrected chi connectivity index (χ2v) is 8.05. The number of sulfonamides is 1. The van der Waals surface area contributed by atoms with Gasteiger partial charge in [-0.3, -0.25) is 4.98 Å². The van der Waals surface area contributed by atoms with E-state index in [2.05, 4.69) is 15.6 Å². The van der Waals surface area contributed by atoms with Crippen molar-refractivity contribution in [3.05, 3.63) is 84.7 Å². The summed E-state index contributed by atoms with van der Waals surface area (Å²) in [5.74, 6) is 0. The summed E-state index contributed by atoms with van der Waals surface area (Å²) in [7, 11) is -4.88. The largest absolute Gasteiger partial charge is 0.498 e. The van der Waals surface area contributed by atoms with Gasteiger partial charge in [0, 0.05) is 24.6 Å². The number of anilines is 2. The van der Waals surface area contributed by atoms with Crippen molar-refractivity contribution in [2.24, 2.45) is 0 Å². The van der Waals surface area contributed by atoms with Crippen LogP contribution in [0.4, 0.5) is 29.3 Å². The summed E-state index contributed by atoms with van der Waals surface area (Å²) in [6.07, 6.45) is -2.02. The molecule has 162 valence electrons. The number of carbonyl (C=O) groups is 1. The molecule has 0 unspecified atom stereocenters. The van der Waals surface area contributed by atoms with Crippen LogP contribution < -0.4 is 14.9 Å². The minimum absolute atomic E-state index is 0.187. The molecule has 11 heteroatoms. The lowest BCUT2D eigenvalue weighted by molar-refractivity contribution is -0.115. The summed E-state index contributed by atoms with van der Waals surface area (Å²) in [5, 5.41) is 5.05. The standard InChI is InChI=1S/C20H17F3N4O3S/c21-20(22,23)27(31(29,30)18-6-2-1-3-7-18)17-10-8-16(9-11-17)26-19(28)25-14-15-5-4-12-24-13-15/h1-13H,14H2,(H2,25,26,28). The van der Waals surface area contributed by atoms with E-state index >= 15 is 0 Å². The van der Waals surface area contributed by atoms with E-state index in [9.17, 15) is 26.4 Å². The fraction of sp³-hybridized carbons (Fsp3) is 0.100. The maximum absolute atomic E-state index is 13.6. The number of alkyl halides is 3. The number of amides is 2. The molecule has 31 heavy (non-hydrogen) atoms. The van der Waals surface area contributed by atoms with Gasteiger partial charge in [-0.05, 0) is 48.0 Å². The smallest absolute Gasteiger partial charge is 0.334 e. The molecule has 0 aliphatic heterocycles. The maximum Gasteiger partial charge on any atom is 0.498 e. The Bertz CT molecular complexity index is 1120. The van der Waals surface area contributed by atoms with Gasteiger partial charge in [0.2, 0.25) is 0 Å². The molecule has 0 aliphatic carbocycles. The average molecular weight is 450 g/mol. The van der Waals surface area contributed by atoms with E-state index in [1.165, 1.54) is 30.3 Å². The number of nitrogens with one attached hydrogen (secondary N) is 2. The van der Waals surface area contributed by atoms with Gasteiger partial charge in [-0.15, -0.1) is 13.2 Å². The van der Waals surface area contributed by atoms with Gasteiger partial charge in [0.05, 0.1) is 10.6 Å². The summed E-state index contributed by atoms with van der Waals surface area (Å²) in [6, 6.07) is 13.5. The zero-order chi connectivity index (χ0) is 22.5. The van der Waals surface area contributed by atoms with Crippen molar-refractivity contribution in [2.45, 2.75) is 17.7 Å². The summed E-state index contributed by atoms with van der Waals surface area (Å²) in [5.41, 5.74) is 0.337. The maximum atomic E-state index is 13.6. The van der Waals surface area contributed by atoms with Crippen LogP contribution in [0.25, 0.3) is 0 Å². The van der Waals surface area contributed by atoms with Crippen LogP contribution in [0.3, 0.4) is 0 Å². The van der Waals surface area contributed by atoms with Crippen LogP contribution in [0.5, 0.6) is 0 Å².